The van der Waals surface area contributed by atoms with Crippen LogP contribution in [0.1, 0.15) is 36.1 Å². The van der Waals surface area contributed by atoms with Crippen LogP contribution < -0.4 is 16.4 Å². The van der Waals surface area contributed by atoms with E-state index in [1.807, 2.05) is 13.0 Å². The van der Waals surface area contributed by atoms with Crippen LogP contribution in [0.15, 0.2) is 6.07 Å². The Morgan fingerprint density at radius 3 is 2.50 bits per heavy atom. The van der Waals surface area contributed by atoms with E-state index < -0.39 is 0 Å². The molecule has 0 unspecified atom stereocenters. The van der Waals surface area contributed by atoms with Crippen LogP contribution in [0.4, 0.5) is 11.8 Å². The quantitative estimate of drug-likeness (QED) is 0.787. The van der Waals surface area contributed by atoms with Crippen LogP contribution in [0.25, 0.3) is 0 Å². The van der Waals surface area contributed by atoms with E-state index in [-0.39, 0.29) is 0 Å². The van der Waals surface area contributed by atoms with Crippen LogP contribution in [0.3, 0.4) is 0 Å². The number of hydrogen-bond donors (Lipinski definition) is 2. The van der Waals surface area contributed by atoms with Gasteiger partial charge < -0.3 is 20.9 Å². The minimum atomic E-state index is 0.327. The molecule has 2 aliphatic rings. The third-order valence-electron chi connectivity index (χ3n) is 5.46. The van der Waals surface area contributed by atoms with Crippen molar-refractivity contribution in [2.24, 2.45) is 12.8 Å². The van der Waals surface area contributed by atoms with Gasteiger partial charge in [0.05, 0.1) is 6.54 Å². The largest absolute Gasteiger partial charge is 0.368 e. The van der Waals surface area contributed by atoms with E-state index in [2.05, 4.69) is 41.6 Å². The van der Waals surface area contributed by atoms with Crippen molar-refractivity contribution in [3.8, 4) is 0 Å². The number of nitrogens with two attached hydrogens (primary N) is 2. The number of aryl methyl sites for hydroxylation is 1. The third kappa shape index (κ3) is 3.36. The van der Waals surface area contributed by atoms with E-state index in [0.717, 1.165) is 68.7 Å². The summed E-state index contributed by atoms with van der Waals surface area (Å²) < 4.78 is 2.15. The van der Waals surface area contributed by atoms with Gasteiger partial charge in [0.1, 0.15) is 17.5 Å². The Morgan fingerprint density at radius 1 is 1.12 bits per heavy atom. The second-order valence-electron chi connectivity index (χ2n) is 7.45. The highest BCUT2D eigenvalue weighted by molar-refractivity contribution is 5.43. The molecule has 2 fully saturated rings. The van der Waals surface area contributed by atoms with Gasteiger partial charge in [-0.1, -0.05) is 0 Å². The van der Waals surface area contributed by atoms with E-state index in [9.17, 15) is 0 Å². The number of aromatic nitrogens is 5. The number of nitrogen functional groups attached to an aromatic ring is 1. The molecule has 4 N–H and O–H groups in total. The molecular weight excluding hydrogens is 330 g/mol. The first-order chi connectivity index (χ1) is 12.5. The van der Waals surface area contributed by atoms with Crippen molar-refractivity contribution in [3.63, 3.8) is 0 Å². The van der Waals surface area contributed by atoms with Crippen LogP contribution in [0.2, 0.25) is 0 Å². The maximum Gasteiger partial charge on any atom is 0.222 e. The molecule has 0 bridgehead atoms. The Labute approximate surface area is 153 Å². The van der Waals surface area contributed by atoms with Crippen LogP contribution in [-0.2, 0) is 13.6 Å². The van der Waals surface area contributed by atoms with Gasteiger partial charge in [0.25, 0.3) is 0 Å². The molecule has 0 spiro atoms. The monoisotopic (exact) mass is 357 g/mol. The number of piperazine rings is 1. The first kappa shape index (κ1) is 17.2. The lowest BCUT2D eigenvalue weighted by atomic mass is 9.80. The second kappa shape index (κ2) is 6.81. The van der Waals surface area contributed by atoms with E-state index in [4.69, 9.17) is 11.5 Å². The van der Waals surface area contributed by atoms with Gasteiger partial charge >= 0.3 is 0 Å². The molecule has 140 valence electrons. The fourth-order valence-corrected chi connectivity index (χ4v) is 3.81. The molecule has 2 aromatic rings. The number of rotatable bonds is 4. The number of anilines is 2. The Hall–Kier alpha value is -2.26. The Morgan fingerprint density at radius 2 is 1.85 bits per heavy atom. The zero-order chi connectivity index (χ0) is 18.3. The summed E-state index contributed by atoms with van der Waals surface area (Å²) in [5.41, 5.74) is 12.6. The van der Waals surface area contributed by atoms with Crippen molar-refractivity contribution < 1.29 is 0 Å². The van der Waals surface area contributed by atoms with Crippen LogP contribution in [0.5, 0.6) is 0 Å². The van der Waals surface area contributed by atoms with Gasteiger partial charge in [0.15, 0.2) is 0 Å². The average molecular weight is 357 g/mol. The molecule has 0 aromatic carbocycles. The Balaban J connectivity index is 1.35. The normalized spacial score (nSPS) is 23.9. The molecule has 0 amide bonds. The van der Waals surface area contributed by atoms with Crippen molar-refractivity contribution in [2.75, 3.05) is 36.8 Å². The van der Waals surface area contributed by atoms with E-state index in [0.29, 0.717) is 17.9 Å². The molecule has 1 saturated carbocycles. The lowest BCUT2D eigenvalue weighted by molar-refractivity contribution is 0.240. The maximum atomic E-state index is 5.90. The van der Waals surface area contributed by atoms with E-state index in [1.165, 1.54) is 0 Å². The summed E-state index contributed by atoms with van der Waals surface area (Å²) in [6.07, 6.45) is 2.04. The average Bonchev–Trinajstić information content (AvgIpc) is 2.92. The highest BCUT2D eigenvalue weighted by atomic mass is 15.3. The van der Waals surface area contributed by atoms with Gasteiger partial charge in [-0.2, -0.15) is 4.98 Å². The van der Waals surface area contributed by atoms with Crippen LogP contribution >= 0.6 is 0 Å². The maximum absolute atomic E-state index is 5.90. The molecule has 1 aliphatic heterocycles. The third-order valence-corrected chi connectivity index (χ3v) is 5.46. The first-order valence-electron chi connectivity index (χ1n) is 9.22. The molecule has 1 aliphatic carbocycles. The molecular formula is C17H27N9. The smallest absolute Gasteiger partial charge is 0.222 e. The molecule has 2 aromatic heterocycles. The molecule has 1 saturated heterocycles. The van der Waals surface area contributed by atoms with Gasteiger partial charge in [-0.05, 0) is 19.8 Å². The summed E-state index contributed by atoms with van der Waals surface area (Å²) >= 11 is 0. The summed E-state index contributed by atoms with van der Waals surface area (Å²) in [7, 11) is 2.07. The zero-order valence-corrected chi connectivity index (χ0v) is 15.5. The first-order valence-corrected chi connectivity index (χ1v) is 9.22. The van der Waals surface area contributed by atoms with Gasteiger partial charge in [0, 0.05) is 56.9 Å². The van der Waals surface area contributed by atoms with Gasteiger partial charge in [-0.15, -0.1) is 10.2 Å². The Kier molecular flexibility index (Phi) is 4.49. The summed E-state index contributed by atoms with van der Waals surface area (Å²) in [6, 6.07) is 2.32. The lowest BCUT2D eigenvalue weighted by Gasteiger charge is -2.35. The topological polar surface area (TPSA) is 115 Å². The molecule has 9 nitrogen and oxygen atoms in total. The lowest BCUT2D eigenvalue weighted by Crippen LogP contribution is -2.46. The standard InChI is InChI=1S/C17H27N9/c1-11-7-14(21-17(19)20-11)26-5-3-25(4-6-26)10-15-22-23-16(24(15)2)12-8-13(18)9-12/h7,12-13H,3-6,8-10,18H2,1-2H3,(H2,19,20,21). The number of hydrogen-bond acceptors (Lipinski definition) is 8. The van der Waals surface area contributed by atoms with Gasteiger partial charge in [-0.3, -0.25) is 4.90 Å². The van der Waals surface area contributed by atoms with Gasteiger partial charge in [-0.25, -0.2) is 4.98 Å². The molecule has 3 heterocycles. The predicted octanol–water partition coefficient (Wildman–Crippen LogP) is 0.0226. The van der Waals surface area contributed by atoms with Gasteiger partial charge in [0.2, 0.25) is 5.95 Å². The van der Waals surface area contributed by atoms with E-state index >= 15 is 0 Å². The summed E-state index contributed by atoms with van der Waals surface area (Å²) in [4.78, 5) is 13.2. The van der Waals surface area contributed by atoms with E-state index in [1.54, 1.807) is 0 Å². The van der Waals surface area contributed by atoms with Crippen molar-refractivity contribution >= 4 is 11.8 Å². The summed E-state index contributed by atoms with van der Waals surface area (Å²) in [5, 5.41) is 8.83. The highest BCUT2D eigenvalue weighted by Gasteiger charge is 2.31. The Bertz CT molecular complexity index is 752. The van der Waals surface area contributed by atoms with Crippen molar-refractivity contribution in [1.82, 2.24) is 29.6 Å². The molecule has 0 atom stereocenters. The molecule has 26 heavy (non-hydrogen) atoms. The fraction of sp³-hybridized carbons (Fsp3) is 0.647. The second-order valence-corrected chi connectivity index (χ2v) is 7.45. The van der Waals surface area contributed by atoms with Crippen LogP contribution in [-0.4, -0.2) is 61.9 Å². The minimum Gasteiger partial charge on any atom is -0.368 e. The summed E-state index contributed by atoms with van der Waals surface area (Å²) in [5.74, 6) is 3.82. The predicted molar refractivity (Wildman–Crippen MR) is 99.6 cm³/mol. The number of nitrogens with zero attached hydrogens (tertiary/aromatic N) is 7. The zero-order valence-electron chi connectivity index (χ0n) is 15.5. The highest BCUT2D eigenvalue weighted by Crippen LogP contribution is 2.34. The summed E-state index contributed by atoms with van der Waals surface area (Å²) in [6.45, 7) is 6.51. The minimum absolute atomic E-state index is 0.327. The SMILES string of the molecule is Cc1cc(N2CCN(Cc3nnc(C4CC(N)C4)n3C)CC2)nc(N)n1. The molecule has 4 rings (SSSR count). The van der Waals surface area contributed by atoms with Crippen molar-refractivity contribution in [2.45, 2.75) is 38.3 Å². The molecule has 0 radical (unpaired) electrons. The van der Waals surface area contributed by atoms with Crippen molar-refractivity contribution in [3.05, 3.63) is 23.4 Å². The molecule has 9 heteroatoms. The van der Waals surface area contributed by atoms with Crippen LogP contribution in [0, 0.1) is 6.92 Å². The fourth-order valence-electron chi connectivity index (χ4n) is 3.81. The van der Waals surface area contributed by atoms with Crippen molar-refractivity contribution in [1.29, 1.82) is 0 Å².